The number of likely N-dealkylation sites (N-methyl/N-ethyl adjacent to an activating group) is 1. The third kappa shape index (κ3) is 11.8. The molecule has 2 fully saturated rings. The first-order valence-corrected chi connectivity index (χ1v) is 30.3. The van der Waals surface area contributed by atoms with E-state index in [-0.39, 0.29) is 5.92 Å². The van der Waals surface area contributed by atoms with Crippen LogP contribution in [0.5, 0.6) is 0 Å². The second kappa shape index (κ2) is 21.6. The summed E-state index contributed by atoms with van der Waals surface area (Å²) in [7, 11) is -4.88. The van der Waals surface area contributed by atoms with Crippen molar-refractivity contribution in [1.82, 2.24) is 29.3 Å². The Kier molecular flexibility index (Phi) is 14.7. The molecule has 17 heteroatoms. The van der Waals surface area contributed by atoms with E-state index in [2.05, 4.69) is 126 Å². The van der Waals surface area contributed by atoms with Gasteiger partial charge >= 0.3 is 0 Å². The molecular weight excluding hydrogens is 1010 g/mol. The number of hydrogen-bond acceptors (Lipinski definition) is 12. The summed E-state index contributed by atoms with van der Waals surface area (Å²) >= 11 is 0. The molecule has 4 aromatic carbocycles. The van der Waals surface area contributed by atoms with Crippen LogP contribution in [-0.4, -0.2) is 102 Å². The second-order valence-electron chi connectivity index (χ2n) is 22.7. The summed E-state index contributed by atoms with van der Waals surface area (Å²) in [5.74, 6) is 1.45. The van der Waals surface area contributed by atoms with Gasteiger partial charge in [0.2, 0.25) is 26.0 Å². The topological polar surface area (TPSA) is 170 Å². The number of fused-ring (bicyclic) bond motifs is 2. The number of benzene rings is 4. The molecule has 2 aliphatic carbocycles. The highest BCUT2D eigenvalue weighted by Gasteiger charge is 2.50. The first-order valence-electron chi connectivity index (χ1n) is 27.3. The van der Waals surface area contributed by atoms with Crippen LogP contribution >= 0.6 is 0 Å². The summed E-state index contributed by atoms with van der Waals surface area (Å²) < 4.78 is 58.0. The van der Waals surface area contributed by atoms with E-state index >= 15 is 0 Å². The summed E-state index contributed by atoms with van der Waals surface area (Å²) in [6, 6.07) is 36.8. The molecule has 3 aromatic heterocycles. The van der Waals surface area contributed by atoms with E-state index in [0.717, 1.165) is 122 Å². The van der Waals surface area contributed by atoms with Crippen molar-refractivity contribution in [1.29, 1.82) is 0 Å². The molecule has 15 nitrogen and oxygen atoms in total. The summed E-state index contributed by atoms with van der Waals surface area (Å²) in [6.07, 6.45) is 16.3. The largest absolute Gasteiger partial charge is 0.369 e. The first-order chi connectivity index (χ1) is 37.4. The maximum atomic E-state index is 13.1. The third-order valence-electron chi connectivity index (χ3n) is 15.9. The van der Waals surface area contributed by atoms with Gasteiger partial charge in [0.05, 0.1) is 20.9 Å². The molecule has 2 aliphatic heterocycles. The molecule has 78 heavy (non-hydrogen) atoms. The SMILES string of the molecule is CN1CCN(c2ccc(Nc3nc4c(cc3CN3CCC=C(c5ccc(Nc6ncc7ccn(-c8cccc(NS(=O)(=O)C9(C)CC9)c8)c7n6)cc5)CCC3)C=CCC(c3cccc(NS(=O)(=O)C(C)(C)C)c3)C4)cc2)CC1. The number of allylic oxidation sites excluding steroid dienone is 2. The number of anilines is 7. The Morgan fingerprint density at radius 1 is 0.744 bits per heavy atom. The van der Waals surface area contributed by atoms with Crippen molar-refractivity contribution in [3.8, 4) is 5.69 Å². The van der Waals surface area contributed by atoms with Crippen molar-refractivity contribution in [2.75, 3.05) is 71.3 Å². The highest BCUT2D eigenvalue weighted by atomic mass is 32.2. The van der Waals surface area contributed by atoms with Crippen LogP contribution in [0.25, 0.3) is 28.4 Å². The van der Waals surface area contributed by atoms with Crippen LogP contribution in [-0.2, 0) is 33.0 Å². The molecule has 1 unspecified atom stereocenters. The van der Waals surface area contributed by atoms with E-state index in [1.165, 1.54) is 16.8 Å². The monoisotopic (exact) mass is 1090 g/mol. The Hall–Kier alpha value is -7.05. The van der Waals surface area contributed by atoms with Crippen molar-refractivity contribution in [3.63, 3.8) is 0 Å². The van der Waals surface area contributed by atoms with Crippen molar-refractivity contribution >= 4 is 82.9 Å². The van der Waals surface area contributed by atoms with Gasteiger partial charge in [-0.15, -0.1) is 0 Å². The molecular formula is C61H71N11O4S2. The number of pyridine rings is 1. The van der Waals surface area contributed by atoms with E-state index in [1.54, 1.807) is 40.0 Å². The van der Waals surface area contributed by atoms with Crippen LogP contribution in [0.2, 0.25) is 0 Å². The summed E-state index contributed by atoms with van der Waals surface area (Å²) in [5.41, 5.74) is 12.6. The second-order valence-corrected chi connectivity index (χ2v) is 27.4. The lowest BCUT2D eigenvalue weighted by atomic mass is 9.91. The molecule has 0 radical (unpaired) electrons. The van der Waals surface area contributed by atoms with E-state index in [4.69, 9.17) is 9.97 Å². The number of nitrogens with one attached hydrogen (secondary N) is 4. The number of aromatic nitrogens is 4. The molecule has 0 spiro atoms. The quantitative estimate of drug-likeness (QED) is 0.0768. The lowest BCUT2D eigenvalue weighted by Crippen LogP contribution is -2.44. The van der Waals surface area contributed by atoms with Gasteiger partial charge in [-0.05, 0) is 193 Å². The van der Waals surface area contributed by atoms with Gasteiger partial charge in [0.1, 0.15) is 11.5 Å². The number of rotatable bonds is 15. The summed E-state index contributed by atoms with van der Waals surface area (Å²) in [6.45, 7) is 13.6. The smallest absolute Gasteiger partial charge is 0.238 e. The maximum Gasteiger partial charge on any atom is 0.238 e. The Bertz CT molecular complexity index is 3620. The van der Waals surface area contributed by atoms with Gasteiger partial charge in [-0.2, -0.15) is 4.98 Å². The van der Waals surface area contributed by atoms with Gasteiger partial charge in [0.25, 0.3) is 0 Å². The Balaban J connectivity index is 0.774. The minimum absolute atomic E-state index is 0.118. The van der Waals surface area contributed by atoms with Crippen LogP contribution < -0.4 is 25.0 Å². The van der Waals surface area contributed by atoms with Gasteiger partial charge in [0.15, 0.2) is 0 Å². The normalized spacial score (nSPS) is 18.3. The molecule has 0 bridgehead atoms. The minimum atomic E-state index is -3.58. The number of nitrogens with zero attached hydrogens (tertiary/aromatic N) is 7. The lowest BCUT2D eigenvalue weighted by molar-refractivity contribution is 0.266. The van der Waals surface area contributed by atoms with E-state index in [9.17, 15) is 16.8 Å². The van der Waals surface area contributed by atoms with Crippen LogP contribution in [0.1, 0.15) is 100 Å². The maximum absolute atomic E-state index is 13.1. The van der Waals surface area contributed by atoms with Gasteiger partial charge in [-0.3, -0.25) is 14.3 Å². The number of hydrogen-bond donors (Lipinski definition) is 4. The fraction of sp³-hybridized carbons (Fsp3) is 0.361. The third-order valence-corrected chi connectivity index (χ3v) is 20.2. The van der Waals surface area contributed by atoms with E-state index in [1.807, 2.05) is 53.2 Å². The average Bonchev–Trinajstić information content (AvgIpc) is 4.24. The van der Waals surface area contributed by atoms with E-state index < -0.39 is 29.5 Å². The zero-order valence-electron chi connectivity index (χ0n) is 45.3. The van der Waals surface area contributed by atoms with Crippen molar-refractivity contribution in [3.05, 3.63) is 162 Å². The molecule has 1 saturated heterocycles. The molecule has 7 aromatic rings. The van der Waals surface area contributed by atoms with Gasteiger partial charge in [-0.1, -0.05) is 48.6 Å². The molecule has 1 atom stereocenters. The fourth-order valence-corrected chi connectivity index (χ4v) is 12.6. The predicted octanol–water partition coefficient (Wildman–Crippen LogP) is 11.7. The van der Waals surface area contributed by atoms with Crippen LogP contribution in [0.4, 0.5) is 40.2 Å². The first kappa shape index (κ1) is 53.0. The Labute approximate surface area is 460 Å². The predicted molar refractivity (Wildman–Crippen MR) is 318 cm³/mol. The Morgan fingerprint density at radius 3 is 2.23 bits per heavy atom. The average molecular weight is 1090 g/mol. The molecule has 406 valence electrons. The van der Waals surface area contributed by atoms with E-state index in [0.29, 0.717) is 42.2 Å². The van der Waals surface area contributed by atoms with Crippen molar-refractivity contribution < 1.29 is 16.8 Å². The summed E-state index contributed by atoms with van der Waals surface area (Å²) in [4.78, 5) is 22.3. The van der Waals surface area contributed by atoms with Crippen LogP contribution in [0, 0.1) is 0 Å². The van der Waals surface area contributed by atoms with Crippen molar-refractivity contribution in [2.45, 2.75) is 94.6 Å². The van der Waals surface area contributed by atoms with Gasteiger partial charge in [0, 0.05) is 91.0 Å². The molecule has 5 heterocycles. The Morgan fingerprint density at radius 2 is 1.47 bits per heavy atom. The zero-order chi connectivity index (χ0) is 54.2. The molecule has 11 rings (SSSR count). The fourth-order valence-electron chi connectivity index (χ4n) is 10.5. The zero-order valence-corrected chi connectivity index (χ0v) is 47.0. The highest BCUT2D eigenvalue weighted by Crippen LogP contribution is 2.44. The number of sulfonamides is 2. The molecule has 4 aliphatic rings. The van der Waals surface area contributed by atoms with Gasteiger partial charge in [-0.25, -0.2) is 26.8 Å². The minimum Gasteiger partial charge on any atom is -0.369 e. The molecule has 4 N–H and O–H groups in total. The lowest BCUT2D eigenvalue weighted by Gasteiger charge is -2.34. The highest BCUT2D eigenvalue weighted by molar-refractivity contribution is 7.94. The molecule has 0 amide bonds. The standard InChI is InChI=1S/C61H71N11O4S2/c1-60(2,3)77(73,74)67-52-16-7-12-45(38-52)46-11-6-13-47-37-49(57(65-56(47)39-46)63-50-23-25-54(26-24-50)71-35-33-69(5)34-36-71)42-70-30-9-14-43(15-10-31-70)44-19-21-51(22-20-44)64-59-62-41-48-27-32-72(58(48)66-59)55-18-8-17-53(40-55)68-78(75,76)61(4)28-29-61/h6-8,12-14,16-27,32,37-38,40-41,46,67-68H,9-11,15,28-31,33-36,39,42H2,1-5H3,(H,63,65)(H,62,64,66). The number of piperazine rings is 1. The summed E-state index contributed by atoms with van der Waals surface area (Å²) in [5, 5.41) is 8.04. The van der Waals surface area contributed by atoms with Crippen LogP contribution in [0.3, 0.4) is 0 Å². The van der Waals surface area contributed by atoms with Crippen LogP contribution in [0.15, 0.2) is 134 Å². The van der Waals surface area contributed by atoms with Gasteiger partial charge < -0.3 is 25.0 Å². The van der Waals surface area contributed by atoms with Crippen molar-refractivity contribution in [2.24, 2.45) is 0 Å². The molecule has 1 saturated carbocycles.